The predicted molar refractivity (Wildman–Crippen MR) is 103 cm³/mol. The van der Waals surface area contributed by atoms with Crippen molar-refractivity contribution in [1.29, 1.82) is 0 Å². The highest BCUT2D eigenvalue weighted by molar-refractivity contribution is 5.80. The zero-order valence-corrected chi connectivity index (χ0v) is 16.6. The van der Waals surface area contributed by atoms with Gasteiger partial charge in [-0.05, 0) is 37.5 Å². The van der Waals surface area contributed by atoms with Crippen LogP contribution in [0.2, 0.25) is 0 Å². The van der Waals surface area contributed by atoms with Crippen LogP contribution in [-0.2, 0) is 6.54 Å². The number of halogens is 2. The van der Waals surface area contributed by atoms with Crippen molar-refractivity contribution in [3.63, 3.8) is 0 Å². The number of methoxy groups -OCH3 is 1. The average Bonchev–Trinajstić information content (AvgIpc) is 2.99. The maximum atomic E-state index is 12.6. The Labute approximate surface area is 159 Å². The topological polar surface area (TPSA) is 58.1 Å². The molecule has 0 radical (unpaired) electrons. The Hall–Kier alpha value is -2.09. The van der Waals surface area contributed by atoms with Crippen molar-refractivity contribution >= 4 is 5.96 Å². The molecule has 1 aromatic carbocycles. The van der Waals surface area contributed by atoms with Gasteiger partial charge in [0, 0.05) is 38.8 Å². The molecular formula is C19H30F2N4O2. The molecule has 8 heteroatoms. The van der Waals surface area contributed by atoms with Gasteiger partial charge in [0.2, 0.25) is 0 Å². The van der Waals surface area contributed by atoms with Gasteiger partial charge in [-0.3, -0.25) is 9.89 Å². The van der Waals surface area contributed by atoms with Gasteiger partial charge in [0.15, 0.2) is 17.5 Å². The van der Waals surface area contributed by atoms with E-state index in [1.54, 1.807) is 25.2 Å². The number of nitrogens with zero attached hydrogens (tertiary/aromatic N) is 2. The molecule has 0 amide bonds. The zero-order chi connectivity index (χ0) is 20.0. The molecule has 0 bridgehead atoms. The number of alkyl halides is 2. The quantitative estimate of drug-likeness (QED) is 0.559. The summed E-state index contributed by atoms with van der Waals surface area (Å²) in [5, 5.41) is 6.69. The Kier molecular flexibility index (Phi) is 7.65. The van der Waals surface area contributed by atoms with Crippen LogP contribution < -0.4 is 20.1 Å². The van der Waals surface area contributed by atoms with Crippen LogP contribution in [-0.4, -0.2) is 56.8 Å². The molecule has 1 aliphatic heterocycles. The minimum Gasteiger partial charge on any atom is -0.493 e. The molecule has 1 aliphatic rings. The molecule has 152 valence electrons. The molecule has 2 unspecified atom stereocenters. The third-order valence-electron chi connectivity index (χ3n) is 4.82. The predicted octanol–water partition coefficient (Wildman–Crippen LogP) is 2.69. The van der Waals surface area contributed by atoms with Gasteiger partial charge in [-0.2, -0.15) is 8.78 Å². The lowest BCUT2D eigenvalue weighted by atomic mass is 10.1. The molecule has 0 aliphatic carbocycles. The first-order valence-electron chi connectivity index (χ1n) is 9.17. The first-order chi connectivity index (χ1) is 12.8. The summed E-state index contributed by atoms with van der Waals surface area (Å²) < 4.78 is 34.7. The Bertz CT molecular complexity index is 640. The molecular weight excluding hydrogens is 354 g/mol. The maximum absolute atomic E-state index is 12.6. The fourth-order valence-corrected chi connectivity index (χ4v) is 3.19. The van der Waals surface area contributed by atoms with E-state index in [1.165, 1.54) is 7.11 Å². The van der Waals surface area contributed by atoms with Gasteiger partial charge in [-0.25, -0.2) is 0 Å². The second-order valence-corrected chi connectivity index (χ2v) is 7.07. The minimum absolute atomic E-state index is 0.0201. The van der Waals surface area contributed by atoms with Crippen molar-refractivity contribution in [3.05, 3.63) is 23.8 Å². The van der Waals surface area contributed by atoms with Crippen molar-refractivity contribution in [2.75, 3.05) is 27.2 Å². The number of aliphatic imine (C=N–C) groups is 1. The second-order valence-electron chi connectivity index (χ2n) is 7.07. The Morgan fingerprint density at radius 1 is 1.30 bits per heavy atom. The number of benzene rings is 1. The lowest BCUT2D eigenvalue weighted by Crippen LogP contribution is -2.46. The maximum Gasteiger partial charge on any atom is 0.387 e. The molecule has 0 saturated carbocycles. The standard InChI is InChI=1S/C19H30F2N4O2/c1-12(2)25-10-13(3)15(11-25)24-19(22-4)23-9-14-6-7-16(26-5)17(8-14)27-18(20)21/h6-8,12-13,15,18H,9-11H2,1-5H3,(H2,22,23,24). The van der Waals surface area contributed by atoms with E-state index in [0.29, 0.717) is 30.5 Å². The Balaban J connectivity index is 1.96. The van der Waals surface area contributed by atoms with E-state index in [-0.39, 0.29) is 11.5 Å². The first kappa shape index (κ1) is 21.2. The highest BCUT2D eigenvalue weighted by Gasteiger charge is 2.31. The fourth-order valence-electron chi connectivity index (χ4n) is 3.19. The molecule has 27 heavy (non-hydrogen) atoms. The number of rotatable bonds is 7. The van der Waals surface area contributed by atoms with E-state index < -0.39 is 6.61 Å². The molecule has 2 N–H and O–H groups in total. The van der Waals surface area contributed by atoms with E-state index in [4.69, 9.17) is 4.74 Å². The molecule has 1 heterocycles. The van der Waals surface area contributed by atoms with Gasteiger partial charge in [0.25, 0.3) is 0 Å². The SMILES string of the molecule is CN=C(NCc1ccc(OC)c(OC(F)F)c1)NC1CN(C(C)C)CC1C. The van der Waals surface area contributed by atoms with Crippen LogP contribution in [0.5, 0.6) is 11.5 Å². The van der Waals surface area contributed by atoms with Crippen LogP contribution in [0.1, 0.15) is 26.3 Å². The normalized spacial score (nSPS) is 21.0. The van der Waals surface area contributed by atoms with Gasteiger partial charge in [0.05, 0.1) is 7.11 Å². The van der Waals surface area contributed by atoms with Gasteiger partial charge in [-0.1, -0.05) is 13.0 Å². The lowest BCUT2D eigenvalue weighted by Gasteiger charge is -2.22. The largest absolute Gasteiger partial charge is 0.493 e. The Morgan fingerprint density at radius 2 is 2.04 bits per heavy atom. The summed E-state index contributed by atoms with van der Waals surface area (Å²) in [7, 11) is 3.13. The summed E-state index contributed by atoms with van der Waals surface area (Å²) in [4.78, 5) is 6.71. The van der Waals surface area contributed by atoms with E-state index in [9.17, 15) is 8.78 Å². The van der Waals surface area contributed by atoms with Crippen molar-refractivity contribution < 1.29 is 18.3 Å². The van der Waals surface area contributed by atoms with Crippen LogP contribution in [0.25, 0.3) is 0 Å². The summed E-state index contributed by atoms with van der Waals surface area (Å²) in [5.41, 5.74) is 0.790. The molecule has 1 aromatic rings. The molecule has 6 nitrogen and oxygen atoms in total. The summed E-state index contributed by atoms with van der Waals surface area (Å²) in [6.45, 7) is 6.18. The second kappa shape index (κ2) is 9.73. The van der Waals surface area contributed by atoms with Gasteiger partial charge in [0.1, 0.15) is 0 Å². The molecule has 0 aromatic heterocycles. The Morgan fingerprint density at radius 3 is 2.59 bits per heavy atom. The van der Waals surface area contributed by atoms with Gasteiger partial charge in [-0.15, -0.1) is 0 Å². The van der Waals surface area contributed by atoms with Crippen molar-refractivity contribution in [1.82, 2.24) is 15.5 Å². The number of nitrogens with one attached hydrogen (secondary N) is 2. The third kappa shape index (κ3) is 5.95. The van der Waals surface area contributed by atoms with Crippen LogP contribution in [0.15, 0.2) is 23.2 Å². The van der Waals surface area contributed by atoms with Gasteiger partial charge >= 0.3 is 6.61 Å². The number of guanidine groups is 1. The molecule has 1 saturated heterocycles. The van der Waals surface area contributed by atoms with E-state index in [2.05, 4.69) is 46.0 Å². The monoisotopic (exact) mass is 384 g/mol. The summed E-state index contributed by atoms with van der Waals surface area (Å²) >= 11 is 0. The smallest absolute Gasteiger partial charge is 0.387 e. The molecule has 1 fully saturated rings. The fraction of sp³-hybridized carbons (Fsp3) is 0.632. The summed E-state index contributed by atoms with van der Waals surface area (Å²) in [6.07, 6.45) is 0. The summed E-state index contributed by atoms with van der Waals surface area (Å²) in [5.74, 6) is 1.49. The van der Waals surface area contributed by atoms with Crippen LogP contribution >= 0.6 is 0 Å². The molecule has 2 rings (SSSR count). The van der Waals surface area contributed by atoms with E-state index in [1.807, 2.05) is 0 Å². The van der Waals surface area contributed by atoms with Crippen molar-refractivity contribution in [2.24, 2.45) is 10.9 Å². The average molecular weight is 384 g/mol. The summed E-state index contributed by atoms with van der Waals surface area (Å²) in [6, 6.07) is 5.79. The lowest BCUT2D eigenvalue weighted by molar-refractivity contribution is -0.0512. The zero-order valence-electron chi connectivity index (χ0n) is 16.6. The van der Waals surface area contributed by atoms with Crippen LogP contribution in [0.3, 0.4) is 0 Å². The highest BCUT2D eigenvalue weighted by Crippen LogP contribution is 2.29. The number of hydrogen-bond acceptors (Lipinski definition) is 4. The number of ether oxygens (including phenoxy) is 2. The third-order valence-corrected chi connectivity index (χ3v) is 4.82. The van der Waals surface area contributed by atoms with Crippen molar-refractivity contribution in [3.8, 4) is 11.5 Å². The highest BCUT2D eigenvalue weighted by atomic mass is 19.3. The first-order valence-corrected chi connectivity index (χ1v) is 9.17. The minimum atomic E-state index is -2.90. The van der Waals surface area contributed by atoms with E-state index in [0.717, 1.165) is 18.7 Å². The van der Waals surface area contributed by atoms with Gasteiger partial charge < -0.3 is 20.1 Å². The molecule has 0 spiro atoms. The van der Waals surface area contributed by atoms with Crippen LogP contribution in [0, 0.1) is 5.92 Å². The molecule has 2 atom stereocenters. The number of hydrogen-bond donors (Lipinski definition) is 2. The van der Waals surface area contributed by atoms with E-state index >= 15 is 0 Å². The van der Waals surface area contributed by atoms with Crippen LogP contribution in [0.4, 0.5) is 8.78 Å². The van der Waals surface area contributed by atoms with Crippen molar-refractivity contribution in [2.45, 2.75) is 46.0 Å². The number of likely N-dealkylation sites (tertiary alicyclic amines) is 1.